The van der Waals surface area contributed by atoms with Crippen molar-refractivity contribution < 1.29 is 9.22 Å². The van der Waals surface area contributed by atoms with Gasteiger partial charge in [-0.1, -0.05) is 201 Å². The largest absolute Gasteiger partial charge is 0.507 e. The van der Waals surface area contributed by atoms with E-state index in [1.807, 2.05) is 24.4 Å². The molecule has 2 aromatic heterocycles. The van der Waals surface area contributed by atoms with E-state index in [0.29, 0.717) is 11.4 Å². The molecule has 8 aromatic carbocycles. The van der Waals surface area contributed by atoms with Crippen molar-refractivity contribution in [2.75, 3.05) is 0 Å². The highest BCUT2D eigenvalue weighted by atomic mass is 16.3. The predicted molar refractivity (Wildman–Crippen MR) is 299 cm³/mol. The third-order valence-corrected chi connectivity index (χ3v) is 13.7. The second kappa shape index (κ2) is 18.2. The molecular weight excluding hydrogens is 863 g/mol. The number of nitrogens with zero attached hydrogens (tertiary/aromatic N) is 3. The lowest BCUT2D eigenvalue weighted by Gasteiger charge is -2.27. The molecule has 4 heteroatoms. The highest BCUT2D eigenvalue weighted by Gasteiger charge is 2.29. The minimum atomic E-state index is -2.35. The van der Waals surface area contributed by atoms with Gasteiger partial charge in [0.05, 0.1) is 28.0 Å². The number of hydrogen-bond acceptors (Lipinski definition) is 3. The van der Waals surface area contributed by atoms with Crippen molar-refractivity contribution in [1.82, 2.24) is 14.5 Å². The summed E-state index contributed by atoms with van der Waals surface area (Å²) in [5, 5.41) is 12.7. The van der Waals surface area contributed by atoms with Gasteiger partial charge < -0.3 is 5.11 Å². The Morgan fingerprint density at radius 3 is 1.66 bits per heavy atom. The third-order valence-electron chi connectivity index (χ3n) is 13.7. The number of aromatic nitrogens is 3. The van der Waals surface area contributed by atoms with Crippen LogP contribution in [-0.4, -0.2) is 19.6 Å². The van der Waals surface area contributed by atoms with Crippen LogP contribution in [0.4, 0.5) is 0 Å². The first-order chi connectivity index (χ1) is 35.1. The van der Waals surface area contributed by atoms with E-state index in [0.717, 1.165) is 89.2 Å². The van der Waals surface area contributed by atoms with Crippen LogP contribution in [0.5, 0.6) is 5.75 Å². The number of pyridine rings is 1. The summed E-state index contributed by atoms with van der Waals surface area (Å²) in [5.41, 5.74) is 17.2. The summed E-state index contributed by atoms with van der Waals surface area (Å²) in [6.45, 7) is 17.1. The van der Waals surface area contributed by atoms with Crippen molar-refractivity contribution in [1.29, 1.82) is 0 Å². The zero-order chi connectivity index (χ0) is 52.3. The van der Waals surface area contributed by atoms with Gasteiger partial charge in [-0.05, 0) is 133 Å². The Balaban J connectivity index is 1.23. The van der Waals surface area contributed by atoms with Crippen molar-refractivity contribution >= 4 is 11.0 Å². The molecule has 0 saturated heterocycles. The van der Waals surface area contributed by atoms with Crippen LogP contribution in [0.15, 0.2) is 194 Å². The number of aromatic hydroxyl groups is 1. The summed E-state index contributed by atoms with van der Waals surface area (Å²) in [5.74, 6) is 0.704. The summed E-state index contributed by atoms with van der Waals surface area (Å²) in [6, 6.07) is 64.7. The molecule has 0 spiro atoms. The molecule has 1 N–H and O–H groups in total. The van der Waals surface area contributed by atoms with E-state index in [1.165, 1.54) is 11.1 Å². The van der Waals surface area contributed by atoms with Crippen LogP contribution < -0.4 is 0 Å². The number of aryl methyl sites for hydroxylation is 1. The Hall–Kier alpha value is -7.82. The molecule has 0 bridgehead atoms. The van der Waals surface area contributed by atoms with E-state index >= 15 is 0 Å². The number of phenolic OH excluding ortho intramolecular Hbond substituents is 1. The van der Waals surface area contributed by atoms with Gasteiger partial charge in [-0.25, -0.2) is 4.98 Å². The number of fused-ring (bicyclic) bond motifs is 1. The fraction of sp³-hybridized carbons (Fsp3) is 0.194. The average molecular weight is 929 g/mol. The van der Waals surface area contributed by atoms with E-state index < -0.39 is 12.3 Å². The molecule has 2 heterocycles. The molecule has 0 saturated carbocycles. The van der Waals surface area contributed by atoms with Crippen LogP contribution in [0.3, 0.4) is 0 Å². The van der Waals surface area contributed by atoms with Gasteiger partial charge in [-0.15, -0.1) is 0 Å². The molecule has 0 fully saturated rings. The summed E-state index contributed by atoms with van der Waals surface area (Å²) in [7, 11) is 0. The van der Waals surface area contributed by atoms with Crippen molar-refractivity contribution in [2.45, 2.75) is 85.4 Å². The first-order valence-corrected chi connectivity index (χ1v) is 24.6. The van der Waals surface area contributed by atoms with Crippen molar-refractivity contribution in [3.63, 3.8) is 0 Å². The van der Waals surface area contributed by atoms with E-state index in [4.69, 9.17) is 14.1 Å². The average Bonchev–Trinajstić information content (AvgIpc) is 3.78. The topological polar surface area (TPSA) is 50.9 Å². The minimum Gasteiger partial charge on any atom is -0.507 e. The maximum Gasteiger partial charge on any atom is 0.149 e. The van der Waals surface area contributed by atoms with Gasteiger partial charge in [0, 0.05) is 32.6 Å². The van der Waals surface area contributed by atoms with Crippen LogP contribution in [0, 0.1) is 6.85 Å². The lowest BCUT2D eigenvalue weighted by atomic mass is 9.79. The standard InChI is InChI=1S/C67H63N3O/c1-43-24-33-60(56(36-43)48-29-31-53(32-30-48)65(2,3)4)70-61-23-17-22-55(62(61)69-64(70)57-41-54(66(5,6)7)42-58(63(57)71)67(8,9)10)51-37-50(45-20-15-12-16-21-45)38-52(39-51)59-40-49(34-35-68-59)47-27-25-46(26-28-47)44-18-13-11-14-19-44/h11-42,71H,1-10H3/i1D3. The van der Waals surface area contributed by atoms with Gasteiger partial charge in [0.15, 0.2) is 0 Å². The lowest BCUT2D eigenvalue weighted by Crippen LogP contribution is -2.17. The number of phenols is 1. The van der Waals surface area contributed by atoms with Gasteiger partial charge in [-0.3, -0.25) is 9.55 Å². The summed E-state index contributed by atoms with van der Waals surface area (Å²) < 4.78 is 27.8. The molecule has 0 aliphatic rings. The Bertz CT molecular complexity index is 3680. The molecular formula is C67H63N3O. The van der Waals surface area contributed by atoms with Crippen LogP contribution in [0.1, 0.15) is 88.7 Å². The molecule has 352 valence electrons. The van der Waals surface area contributed by atoms with Crippen LogP contribution in [0.25, 0.3) is 95.0 Å². The number of para-hydroxylation sites is 1. The summed E-state index contributed by atoms with van der Waals surface area (Å²) in [6.07, 6.45) is 1.88. The molecule has 4 nitrogen and oxygen atoms in total. The first-order valence-electron chi connectivity index (χ1n) is 26.1. The number of benzene rings is 8. The molecule has 71 heavy (non-hydrogen) atoms. The highest BCUT2D eigenvalue weighted by Crippen LogP contribution is 2.46. The van der Waals surface area contributed by atoms with Gasteiger partial charge in [0.25, 0.3) is 0 Å². The lowest BCUT2D eigenvalue weighted by molar-refractivity contribution is 0.446. The molecule has 0 aliphatic carbocycles. The van der Waals surface area contributed by atoms with E-state index in [-0.39, 0.29) is 22.1 Å². The SMILES string of the molecule is [2H]C([2H])([2H])c1ccc(-n2c(-c3cc(C(C)(C)C)cc(C(C)(C)C)c3O)nc3c(-c4cc(-c5ccccc5)cc(-c5cc(-c6ccc(-c7ccccc7)cc6)ccn5)c4)cccc32)c(-c2ccc(C(C)(C)C)cc2)c1. The van der Waals surface area contributed by atoms with Crippen molar-refractivity contribution in [3.8, 4) is 89.7 Å². The quantitative estimate of drug-likeness (QED) is 0.165. The number of imidazole rings is 1. The normalized spacial score (nSPS) is 12.9. The molecule has 10 rings (SSSR count). The zero-order valence-corrected chi connectivity index (χ0v) is 42.3. The van der Waals surface area contributed by atoms with Crippen molar-refractivity contribution in [2.24, 2.45) is 0 Å². The summed E-state index contributed by atoms with van der Waals surface area (Å²) >= 11 is 0. The van der Waals surface area contributed by atoms with E-state index in [1.54, 1.807) is 12.1 Å². The monoisotopic (exact) mass is 929 g/mol. The smallest absolute Gasteiger partial charge is 0.149 e. The second-order valence-corrected chi connectivity index (χ2v) is 22.0. The van der Waals surface area contributed by atoms with Gasteiger partial charge in [-0.2, -0.15) is 0 Å². The minimum absolute atomic E-state index is 0.0853. The Morgan fingerprint density at radius 2 is 1.03 bits per heavy atom. The Labute approximate surface area is 424 Å². The maximum absolute atomic E-state index is 12.7. The maximum atomic E-state index is 12.7. The number of hydrogen-bond donors (Lipinski definition) is 1. The van der Waals surface area contributed by atoms with Crippen LogP contribution in [0.2, 0.25) is 0 Å². The zero-order valence-electron chi connectivity index (χ0n) is 45.3. The van der Waals surface area contributed by atoms with E-state index in [2.05, 4.69) is 225 Å². The van der Waals surface area contributed by atoms with Crippen LogP contribution >= 0.6 is 0 Å². The molecule has 10 aromatic rings. The van der Waals surface area contributed by atoms with Crippen LogP contribution in [-0.2, 0) is 16.2 Å². The Kier molecular flexibility index (Phi) is 11.1. The fourth-order valence-corrected chi connectivity index (χ4v) is 9.66. The first kappa shape index (κ1) is 43.2. The van der Waals surface area contributed by atoms with Gasteiger partial charge in [0.2, 0.25) is 0 Å². The highest BCUT2D eigenvalue weighted by molar-refractivity contribution is 5.98. The number of rotatable bonds is 8. The third kappa shape index (κ3) is 9.35. The molecule has 0 amide bonds. The Morgan fingerprint density at radius 1 is 0.437 bits per heavy atom. The van der Waals surface area contributed by atoms with E-state index in [9.17, 15) is 5.11 Å². The fourth-order valence-electron chi connectivity index (χ4n) is 9.66. The predicted octanol–water partition coefficient (Wildman–Crippen LogP) is 18.0. The molecule has 0 atom stereocenters. The molecule has 0 aliphatic heterocycles. The molecule has 0 unspecified atom stereocenters. The van der Waals surface area contributed by atoms with Gasteiger partial charge >= 0.3 is 0 Å². The molecule has 0 radical (unpaired) electrons. The van der Waals surface area contributed by atoms with Gasteiger partial charge in [0.1, 0.15) is 11.6 Å². The van der Waals surface area contributed by atoms with Crippen molar-refractivity contribution in [3.05, 3.63) is 217 Å². The summed E-state index contributed by atoms with van der Waals surface area (Å²) in [4.78, 5) is 10.6. The second-order valence-electron chi connectivity index (χ2n) is 22.0.